The monoisotopic (exact) mass is 470 g/mol. The number of H-pyrrole nitrogens is 1. The standard InChI is InChI=1S/C22H16BrFN2O4/c23-15-7-5-14(16(24)10-15)11-29-20-9-13(22(27)28)6-8-19(20)30-12-21-25-17-3-1-2-4-18(17)26-21/h1-10H,11-12H2,(H,25,26)(H,27,28). The highest BCUT2D eigenvalue weighted by molar-refractivity contribution is 9.10. The number of aromatic nitrogens is 2. The van der Waals surface area contributed by atoms with Gasteiger partial charge in [0.25, 0.3) is 0 Å². The number of para-hydroxylation sites is 2. The first kappa shape index (κ1) is 19.9. The van der Waals surface area contributed by atoms with Crippen molar-refractivity contribution < 1.29 is 23.8 Å². The van der Waals surface area contributed by atoms with E-state index in [0.29, 0.717) is 21.6 Å². The van der Waals surface area contributed by atoms with Gasteiger partial charge in [0.1, 0.15) is 24.9 Å². The second-order valence-corrected chi connectivity index (χ2v) is 7.40. The summed E-state index contributed by atoms with van der Waals surface area (Å²) in [7, 11) is 0. The molecular weight excluding hydrogens is 455 g/mol. The van der Waals surface area contributed by atoms with Gasteiger partial charge in [-0.15, -0.1) is 0 Å². The number of halogens is 2. The van der Waals surface area contributed by atoms with E-state index in [9.17, 15) is 14.3 Å². The minimum atomic E-state index is -1.10. The first-order valence-electron chi connectivity index (χ1n) is 9.00. The molecule has 8 heteroatoms. The summed E-state index contributed by atoms with van der Waals surface area (Å²) in [5.74, 6) is -0.378. The molecule has 0 aliphatic heterocycles. The zero-order valence-electron chi connectivity index (χ0n) is 15.6. The van der Waals surface area contributed by atoms with Crippen LogP contribution in [-0.4, -0.2) is 21.0 Å². The Bertz CT molecular complexity index is 1190. The van der Waals surface area contributed by atoms with Crippen molar-refractivity contribution in [2.75, 3.05) is 0 Å². The van der Waals surface area contributed by atoms with Crippen molar-refractivity contribution in [2.24, 2.45) is 0 Å². The van der Waals surface area contributed by atoms with E-state index >= 15 is 0 Å². The highest BCUT2D eigenvalue weighted by Gasteiger charge is 2.13. The number of carboxylic acids is 1. The molecule has 0 spiro atoms. The largest absolute Gasteiger partial charge is 0.485 e. The normalized spacial score (nSPS) is 10.9. The van der Waals surface area contributed by atoms with Crippen molar-refractivity contribution >= 4 is 32.9 Å². The van der Waals surface area contributed by atoms with Crippen LogP contribution in [0.3, 0.4) is 0 Å². The molecule has 3 aromatic carbocycles. The number of carbonyl (C=O) groups is 1. The van der Waals surface area contributed by atoms with E-state index in [1.807, 2.05) is 24.3 Å². The van der Waals surface area contributed by atoms with Crippen LogP contribution in [0.4, 0.5) is 4.39 Å². The quantitative estimate of drug-likeness (QED) is 0.381. The fourth-order valence-corrected chi connectivity index (χ4v) is 3.22. The number of nitrogens with zero attached hydrogens (tertiary/aromatic N) is 1. The van der Waals surface area contributed by atoms with Crippen LogP contribution in [-0.2, 0) is 13.2 Å². The van der Waals surface area contributed by atoms with E-state index < -0.39 is 11.8 Å². The van der Waals surface area contributed by atoms with Gasteiger partial charge in [-0.2, -0.15) is 0 Å². The van der Waals surface area contributed by atoms with Gasteiger partial charge in [0.15, 0.2) is 11.5 Å². The molecule has 30 heavy (non-hydrogen) atoms. The van der Waals surface area contributed by atoms with Gasteiger partial charge in [-0.3, -0.25) is 0 Å². The summed E-state index contributed by atoms with van der Waals surface area (Å²) >= 11 is 3.21. The fraction of sp³-hybridized carbons (Fsp3) is 0.0909. The summed E-state index contributed by atoms with van der Waals surface area (Å²) in [6.45, 7) is 0.0489. The van der Waals surface area contributed by atoms with Crippen molar-refractivity contribution in [1.29, 1.82) is 0 Å². The molecule has 0 aliphatic carbocycles. The lowest BCUT2D eigenvalue weighted by Gasteiger charge is -2.13. The molecule has 152 valence electrons. The Morgan fingerprint density at radius 1 is 1.03 bits per heavy atom. The van der Waals surface area contributed by atoms with Crippen molar-refractivity contribution in [1.82, 2.24) is 9.97 Å². The molecule has 0 aliphatic rings. The Morgan fingerprint density at radius 3 is 2.60 bits per heavy atom. The van der Waals surface area contributed by atoms with Gasteiger partial charge in [0.05, 0.1) is 16.6 Å². The minimum absolute atomic E-state index is 0.0392. The SMILES string of the molecule is O=C(O)c1ccc(OCc2nc3ccccc3[nH]2)c(OCc2ccc(Br)cc2F)c1. The number of aromatic carboxylic acids is 1. The lowest BCUT2D eigenvalue weighted by Crippen LogP contribution is -2.04. The molecule has 1 heterocycles. The number of hydrogen-bond acceptors (Lipinski definition) is 4. The van der Waals surface area contributed by atoms with Gasteiger partial charge in [-0.1, -0.05) is 34.1 Å². The van der Waals surface area contributed by atoms with Gasteiger partial charge in [-0.05, 0) is 42.5 Å². The highest BCUT2D eigenvalue weighted by atomic mass is 79.9. The van der Waals surface area contributed by atoms with Gasteiger partial charge >= 0.3 is 5.97 Å². The molecule has 0 unspecified atom stereocenters. The zero-order chi connectivity index (χ0) is 21.1. The number of carboxylic acid groups (broad SMARTS) is 1. The van der Waals surface area contributed by atoms with Gasteiger partial charge in [0.2, 0.25) is 0 Å². The third-order valence-corrected chi connectivity index (χ3v) is 4.89. The summed E-state index contributed by atoms with van der Waals surface area (Å²) in [5, 5.41) is 9.27. The first-order valence-corrected chi connectivity index (χ1v) is 9.79. The number of ether oxygens (including phenoxy) is 2. The lowest BCUT2D eigenvalue weighted by molar-refractivity contribution is 0.0696. The van der Waals surface area contributed by atoms with E-state index in [4.69, 9.17) is 9.47 Å². The van der Waals surface area contributed by atoms with E-state index in [2.05, 4.69) is 25.9 Å². The van der Waals surface area contributed by atoms with E-state index in [-0.39, 0.29) is 24.5 Å². The van der Waals surface area contributed by atoms with Crippen molar-refractivity contribution in [2.45, 2.75) is 13.2 Å². The Morgan fingerprint density at radius 2 is 1.83 bits per heavy atom. The van der Waals surface area contributed by atoms with Crippen LogP contribution in [0.2, 0.25) is 0 Å². The maximum atomic E-state index is 14.1. The van der Waals surface area contributed by atoms with Crippen molar-refractivity contribution in [3.63, 3.8) is 0 Å². The van der Waals surface area contributed by atoms with Crippen LogP contribution in [0.25, 0.3) is 11.0 Å². The Balaban J connectivity index is 1.54. The van der Waals surface area contributed by atoms with Gasteiger partial charge < -0.3 is 19.6 Å². The van der Waals surface area contributed by atoms with Gasteiger partial charge in [-0.25, -0.2) is 14.2 Å². The maximum absolute atomic E-state index is 14.1. The maximum Gasteiger partial charge on any atom is 0.335 e. The number of imidazole rings is 1. The Hall–Kier alpha value is -3.39. The summed E-state index contributed by atoms with van der Waals surface area (Å²) < 4.78 is 26.2. The minimum Gasteiger partial charge on any atom is -0.485 e. The van der Waals surface area contributed by atoms with E-state index in [0.717, 1.165) is 11.0 Å². The molecule has 4 aromatic rings. The molecule has 0 atom stereocenters. The highest BCUT2D eigenvalue weighted by Crippen LogP contribution is 2.30. The molecule has 0 saturated carbocycles. The molecule has 2 N–H and O–H groups in total. The van der Waals surface area contributed by atoms with Gasteiger partial charge in [0, 0.05) is 10.0 Å². The van der Waals surface area contributed by atoms with Crippen LogP contribution in [0.1, 0.15) is 21.7 Å². The predicted octanol–water partition coefficient (Wildman–Crippen LogP) is 5.32. The van der Waals surface area contributed by atoms with Crippen LogP contribution < -0.4 is 9.47 Å². The van der Waals surface area contributed by atoms with Crippen molar-refractivity contribution in [3.8, 4) is 11.5 Å². The summed E-state index contributed by atoms with van der Waals surface area (Å²) in [5.41, 5.74) is 2.08. The molecule has 0 fully saturated rings. The second kappa shape index (κ2) is 8.54. The molecule has 0 amide bonds. The Kier molecular flexibility index (Phi) is 5.67. The summed E-state index contributed by atoms with van der Waals surface area (Å²) in [6, 6.07) is 16.5. The topological polar surface area (TPSA) is 84.4 Å². The second-order valence-electron chi connectivity index (χ2n) is 6.48. The van der Waals surface area contributed by atoms with E-state index in [1.165, 1.54) is 24.3 Å². The lowest BCUT2D eigenvalue weighted by atomic mass is 10.2. The summed E-state index contributed by atoms with van der Waals surface area (Å²) in [4.78, 5) is 18.9. The van der Waals surface area contributed by atoms with Crippen LogP contribution >= 0.6 is 15.9 Å². The molecule has 4 rings (SSSR count). The Labute approximate surface area is 179 Å². The summed E-state index contributed by atoms with van der Waals surface area (Å²) in [6.07, 6.45) is 0. The average Bonchev–Trinajstić information content (AvgIpc) is 3.15. The predicted molar refractivity (Wildman–Crippen MR) is 112 cm³/mol. The third-order valence-electron chi connectivity index (χ3n) is 4.39. The molecule has 0 bridgehead atoms. The molecule has 0 saturated heterocycles. The van der Waals surface area contributed by atoms with Crippen LogP contribution in [0.15, 0.2) is 65.1 Å². The molecule has 0 radical (unpaired) electrons. The fourth-order valence-electron chi connectivity index (χ4n) is 2.89. The van der Waals surface area contributed by atoms with Crippen LogP contribution in [0.5, 0.6) is 11.5 Å². The number of rotatable bonds is 7. The van der Waals surface area contributed by atoms with Crippen LogP contribution in [0, 0.1) is 5.82 Å². The smallest absolute Gasteiger partial charge is 0.335 e. The molecule has 1 aromatic heterocycles. The zero-order valence-corrected chi connectivity index (χ0v) is 17.1. The molecular formula is C22H16BrFN2O4. The number of fused-ring (bicyclic) bond motifs is 1. The molecule has 6 nitrogen and oxygen atoms in total. The first-order chi connectivity index (χ1) is 14.5. The van der Waals surface area contributed by atoms with Crippen molar-refractivity contribution in [3.05, 3.63) is 87.9 Å². The number of nitrogens with one attached hydrogen (secondary N) is 1. The number of benzene rings is 3. The average molecular weight is 471 g/mol. The number of hydrogen-bond donors (Lipinski definition) is 2. The van der Waals surface area contributed by atoms with E-state index in [1.54, 1.807) is 12.1 Å². The third kappa shape index (κ3) is 4.44. The number of aromatic amines is 1.